The van der Waals surface area contributed by atoms with Gasteiger partial charge in [-0.15, -0.1) is 11.8 Å². The number of rotatable bonds is 3. The first-order chi connectivity index (χ1) is 8.49. The maximum Gasteiger partial charge on any atom is 0.321 e. The Hall–Kier alpha value is -1.80. The number of hydrogen-bond acceptors (Lipinski definition) is 6. The quantitative estimate of drug-likeness (QED) is 0.556. The molecule has 0 amide bonds. The summed E-state index contributed by atoms with van der Waals surface area (Å²) in [5.74, 6) is -0.714. The van der Waals surface area contributed by atoms with Gasteiger partial charge in [0.2, 0.25) is 0 Å². The van der Waals surface area contributed by atoms with Crippen LogP contribution in [0, 0.1) is 10.1 Å². The van der Waals surface area contributed by atoms with Crippen molar-refractivity contribution in [1.82, 2.24) is 5.32 Å². The number of nitrogens with one attached hydrogen (secondary N) is 1. The van der Waals surface area contributed by atoms with Gasteiger partial charge < -0.3 is 10.2 Å². The molecule has 7 nitrogen and oxygen atoms in total. The second-order valence-electron chi connectivity index (χ2n) is 3.77. The summed E-state index contributed by atoms with van der Waals surface area (Å²) in [7, 11) is 0. The molecule has 0 bridgehead atoms. The van der Waals surface area contributed by atoms with Crippen LogP contribution in [0.1, 0.15) is 10.9 Å². The third-order valence-electron chi connectivity index (χ3n) is 2.58. The number of nitro benzene ring substituents is 1. The van der Waals surface area contributed by atoms with E-state index >= 15 is 0 Å². The second-order valence-corrected chi connectivity index (χ2v) is 4.91. The van der Waals surface area contributed by atoms with Crippen LogP contribution in [-0.2, 0) is 4.79 Å². The Kier molecular flexibility index (Phi) is 3.39. The number of aliphatic carboxylic acids is 1. The number of carboxylic acid groups (broad SMARTS) is 1. The molecule has 0 spiro atoms. The van der Waals surface area contributed by atoms with E-state index in [0.29, 0.717) is 11.3 Å². The minimum Gasteiger partial charge on any atom is -0.508 e. The number of nitrogens with zero attached hydrogens (tertiary/aromatic N) is 1. The molecule has 1 aromatic carbocycles. The SMILES string of the molecule is O=C(O)[C@@H]1CS[C@@H](c2cc([N+](=O)[O-])ccc2O)N1. The van der Waals surface area contributed by atoms with Gasteiger partial charge in [-0.05, 0) is 6.07 Å². The molecule has 0 aromatic heterocycles. The van der Waals surface area contributed by atoms with Gasteiger partial charge in [0.1, 0.15) is 11.8 Å². The summed E-state index contributed by atoms with van der Waals surface area (Å²) in [4.78, 5) is 20.9. The fourth-order valence-corrected chi connectivity index (χ4v) is 2.91. The van der Waals surface area contributed by atoms with Crippen LogP contribution in [-0.4, -0.2) is 32.9 Å². The first kappa shape index (κ1) is 12.7. The highest BCUT2D eigenvalue weighted by molar-refractivity contribution is 7.99. The summed E-state index contributed by atoms with van der Waals surface area (Å²) in [5, 5.41) is 31.5. The van der Waals surface area contributed by atoms with Gasteiger partial charge in [-0.25, -0.2) is 0 Å². The standard InChI is InChI=1S/C10H10N2O5S/c13-8-2-1-5(12(16)17)3-6(8)9-11-7(4-18-9)10(14)15/h1-3,7,9,11,13H,4H2,(H,14,15)/t7-,9-/m0/s1. The van der Waals surface area contributed by atoms with Crippen molar-refractivity contribution in [3.8, 4) is 5.75 Å². The van der Waals surface area contributed by atoms with Gasteiger partial charge in [0.15, 0.2) is 0 Å². The lowest BCUT2D eigenvalue weighted by Gasteiger charge is -2.12. The number of carbonyl (C=O) groups is 1. The monoisotopic (exact) mass is 270 g/mol. The van der Waals surface area contributed by atoms with Crippen molar-refractivity contribution >= 4 is 23.4 Å². The molecule has 2 atom stereocenters. The number of phenols is 1. The van der Waals surface area contributed by atoms with E-state index in [1.54, 1.807) is 0 Å². The molecule has 96 valence electrons. The minimum absolute atomic E-state index is 0.0864. The fourth-order valence-electron chi connectivity index (χ4n) is 1.66. The van der Waals surface area contributed by atoms with Crippen LogP contribution in [0.2, 0.25) is 0 Å². The van der Waals surface area contributed by atoms with E-state index in [4.69, 9.17) is 5.11 Å². The van der Waals surface area contributed by atoms with Crippen molar-refractivity contribution < 1.29 is 19.9 Å². The highest BCUT2D eigenvalue weighted by Gasteiger charge is 2.32. The van der Waals surface area contributed by atoms with Crippen LogP contribution < -0.4 is 5.32 Å². The third kappa shape index (κ3) is 2.39. The summed E-state index contributed by atoms with van der Waals surface area (Å²) < 4.78 is 0. The molecule has 1 aromatic rings. The van der Waals surface area contributed by atoms with E-state index in [9.17, 15) is 20.0 Å². The van der Waals surface area contributed by atoms with E-state index in [0.717, 1.165) is 0 Å². The molecule has 8 heteroatoms. The number of non-ortho nitro benzene ring substituents is 1. The predicted molar refractivity (Wildman–Crippen MR) is 64.5 cm³/mol. The average Bonchev–Trinajstić information content (AvgIpc) is 2.78. The molecule has 0 radical (unpaired) electrons. The summed E-state index contributed by atoms with van der Waals surface area (Å²) in [6, 6.07) is 2.99. The number of aromatic hydroxyl groups is 1. The zero-order valence-corrected chi connectivity index (χ0v) is 9.88. The molecule has 1 aliphatic rings. The lowest BCUT2D eigenvalue weighted by Crippen LogP contribution is -2.33. The van der Waals surface area contributed by atoms with Crippen LogP contribution in [0.3, 0.4) is 0 Å². The lowest BCUT2D eigenvalue weighted by atomic mass is 10.1. The van der Waals surface area contributed by atoms with Gasteiger partial charge in [-0.2, -0.15) is 0 Å². The Bertz CT molecular complexity index is 507. The maximum absolute atomic E-state index is 10.8. The summed E-state index contributed by atoms with van der Waals surface area (Å²) in [5.41, 5.74) is 0.196. The van der Waals surface area contributed by atoms with Crippen LogP contribution in [0.25, 0.3) is 0 Å². The van der Waals surface area contributed by atoms with Gasteiger partial charge in [-0.1, -0.05) is 0 Å². The molecule has 0 unspecified atom stereocenters. The highest BCUT2D eigenvalue weighted by Crippen LogP contribution is 2.38. The molecule has 18 heavy (non-hydrogen) atoms. The Balaban J connectivity index is 2.26. The first-order valence-corrected chi connectivity index (χ1v) is 6.11. The maximum atomic E-state index is 10.8. The van der Waals surface area contributed by atoms with Crippen molar-refractivity contribution in [2.75, 3.05) is 5.75 Å². The Morgan fingerprint density at radius 2 is 2.28 bits per heavy atom. The van der Waals surface area contributed by atoms with E-state index in [2.05, 4.69) is 5.32 Å². The molecular formula is C10H10N2O5S. The Labute approximate surface area is 106 Å². The zero-order chi connectivity index (χ0) is 13.3. The average molecular weight is 270 g/mol. The largest absolute Gasteiger partial charge is 0.508 e. The number of thioether (sulfide) groups is 1. The number of phenolic OH excluding ortho intramolecular Hbond substituents is 1. The van der Waals surface area contributed by atoms with Crippen molar-refractivity contribution in [3.05, 3.63) is 33.9 Å². The van der Waals surface area contributed by atoms with Crippen LogP contribution >= 0.6 is 11.8 Å². The van der Waals surface area contributed by atoms with E-state index in [1.165, 1.54) is 30.0 Å². The number of hydrogen-bond donors (Lipinski definition) is 3. The van der Waals surface area contributed by atoms with Crippen LogP contribution in [0.5, 0.6) is 5.75 Å². The van der Waals surface area contributed by atoms with Crippen molar-refractivity contribution in [2.45, 2.75) is 11.4 Å². The number of carboxylic acids is 1. The molecule has 0 saturated carbocycles. The molecule has 0 aliphatic carbocycles. The summed E-state index contributed by atoms with van der Waals surface area (Å²) in [6.07, 6.45) is 0. The predicted octanol–water partition coefficient (Wildman–Crippen LogP) is 1.09. The van der Waals surface area contributed by atoms with Gasteiger partial charge in [0.05, 0.1) is 10.3 Å². The van der Waals surface area contributed by atoms with Gasteiger partial charge in [0.25, 0.3) is 5.69 Å². The van der Waals surface area contributed by atoms with E-state index in [1.807, 2.05) is 0 Å². The summed E-state index contributed by atoms with van der Waals surface area (Å²) in [6.45, 7) is 0. The molecule has 1 heterocycles. The highest BCUT2D eigenvalue weighted by atomic mass is 32.2. The van der Waals surface area contributed by atoms with E-state index < -0.39 is 22.3 Å². The lowest BCUT2D eigenvalue weighted by molar-refractivity contribution is -0.384. The van der Waals surface area contributed by atoms with Crippen molar-refractivity contribution in [1.29, 1.82) is 0 Å². The van der Waals surface area contributed by atoms with Crippen LogP contribution in [0.15, 0.2) is 18.2 Å². The fraction of sp³-hybridized carbons (Fsp3) is 0.300. The van der Waals surface area contributed by atoms with Gasteiger partial charge in [-0.3, -0.25) is 20.2 Å². The zero-order valence-electron chi connectivity index (χ0n) is 9.07. The minimum atomic E-state index is -0.977. The van der Waals surface area contributed by atoms with Crippen molar-refractivity contribution in [2.24, 2.45) is 0 Å². The topological polar surface area (TPSA) is 113 Å². The van der Waals surface area contributed by atoms with Crippen LogP contribution in [0.4, 0.5) is 5.69 Å². The number of nitro groups is 1. The van der Waals surface area contributed by atoms with Gasteiger partial charge in [0, 0.05) is 23.4 Å². The second kappa shape index (κ2) is 4.83. The van der Waals surface area contributed by atoms with E-state index in [-0.39, 0.29) is 11.4 Å². The van der Waals surface area contributed by atoms with Gasteiger partial charge >= 0.3 is 5.97 Å². The molecular weight excluding hydrogens is 260 g/mol. The Morgan fingerprint density at radius 3 is 2.83 bits per heavy atom. The molecule has 2 rings (SSSR count). The summed E-state index contributed by atoms with van der Waals surface area (Å²) >= 11 is 1.29. The Morgan fingerprint density at radius 1 is 1.56 bits per heavy atom. The molecule has 1 fully saturated rings. The molecule has 3 N–H and O–H groups in total. The number of benzene rings is 1. The van der Waals surface area contributed by atoms with Crippen molar-refractivity contribution in [3.63, 3.8) is 0 Å². The molecule has 1 saturated heterocycles. The third-order valence-corrected chi connectivity index (χ3v) is 3.83. The smallest absolute Gasteiger partial charge is 0.321 e. The molecule has 1 aliphatic heterocycles. The first-order valence-electron chi connectivity index (χ1n) is 5.07. The normalized spacial score (nSPS) is 22.9.